The van der Waals surface area contributed by atoms with Crippen molar-refractivity contribution in [2.45, 2.75) is 32.9 Å². The van der Waals surface area contributed by atoms with E-state index in [2.05, 4.69) is 38.9 Å². The molecule has 2 aliphatic heterocycles. The van der Waals surface area contributed by atoms with Gasteiger partial charge in [-0.25, -0.2) is 4.98 Å². The fourth-order valence-electron chi connectivity index (χ4n) is 3.81. The lowest BCUT2D eigenvalue weighted by Gasteiger charge is -2.22. The number of allylic oxidation sites excluding steroid dienone is 1. The Kier molecular flexibility index (Phi) is 5.80. The first-order valence-corrected chi connectivity index (χ1v) is 10.1. The molecule has 1 N–H and O–H groups in total. The third-order valence-corrected chi connectivity index (χ3v) is 5.39. The number of nitrogens with one attached hydrogen (secondary N) is 1. The van der Waals surface area contributed by atoms with Crippen LogP contribution in [-0.4, -0.2) is 45.7 Å². The van der Waals surface area contributed by atoms with Gasteiger partial charge in [-0.3, -0.25) is 19.9 Å². The first-order chi connectivity index (χ1) is 14.5. The monoisotopic (exact) mass is 410 g/mol. The molecule has 4 rings (SSSR count). The van der Waals surface area contributed by atoms with Crippen LogP contribution in [0.15, 0.2) is 48.5 Å². The minimum Gasteiger partial charge on any atom is -0.478 e. The Bertz CT molecular complexity index is 931. The highest BCUT2D eigenvalue weighted by atomic mass is 16.6. The van der Waals surface area contributed by atoms with Crippen molar-refractivity contribution in [1.82, 2.24) is 14.9 Å². The molecule has 0 aliphatic carbocycles. The maximum Gasteiger partial charge on any atom is 0.269 e. The number of nitro benzene ring substituents is 1. The van der Waals surface area contributed by atoms with E-state index in [9.17, 15) is 10.1 Å². The Morgan fingerprint density at radius 1 is 1.30 bits per heavy atom. The molecule has 0 spiro atoms. The summed E-state index contributed by atoms with van der Waals surface area (Å²) in [7, 11) is 0. The van der Waals surface area contributed by atoms with Crippen molar-refractivity contribution < 1.29 is 9.66 Å². The molecule has 2 aliphatic rings. The van der Waals surface area contributed by atoms with Crippen LogP contribution in [0, 0.1) is 16.0 Å². The van der Waals surface area contributed by atoms with E-state index in [0.29, 0.717) is 18.6 Å². The average Bonchev–Trinajstić information content (AvgIpc) is 3.38. The van der Waals surface area contributed by atoms with Crippen LogP contribution in [0.2, 0.25) is 0 Å². The van der Waals surface area contributed by atoms with Crippen molar-refractivity contribution in [3.63, 3.8) is 0 Å². The van der Waals surface area contributed by atoms with Gasteiger partial charge in [0.1, 0.15) is 12.1 Å². The molecular weight excluding hydrogens is 384 g/mol. The standard InChI is InChI=1S/C21H26N6O3/c1-15(2)19-13-30-14-26(19)20-7-9-22-21(24-20)23-17-8-10-25(12-17)11-16-3-5-18(6-4-16)27(28)29/h3-7,9,13,15,17H,8,10-12,14H2,1-2H3,(H,22,23,24). The highest BCUT2D eigenvalue weighted by Crippen LogP contribution is 2.27. The molecule has 0 radical (unpaired) electrons. The lowest BCUT2D eigenvalue weighted by molar-refractivity contribution is -0.384. The molecule has 1 aromatic carbocycles. The summed E-state index contributed by atoms with van der Waals surface area (Å²) < 4.78 is 5.49. The van der Waals surface area contributed by atoms with Crippen molar-refractivity contribution in [3.05, 3.63) is 64.2 Å². The van der Waals surface area contributed by atoms with Crippen LogP contribution in [0.4, 0.5) is 17.5 Å². The van der Waals surface area contributed by atoms with Crippen molar-refractivity contribution in [2.24, 2.45) is 5.92 Å². The number of likely N-dealkylation sites (tertiary alicyclic amines) is 1. The molecule has 1 fully saturated rings. The van der Waals surface area contributed by atoms with Gasteiger partial charge in [-0.15, -0.1) is 0 Å². The normalized spacial score (nSPS) is 19.1. The van der Waals surface area contributed by atoms with E-state index in [0.717, 1.165) is 43.1 Å². The first kappa shape index (κ1) is 20.1. The zero-order valence-corrected chi connectivity index (χ0v) is 17.2. The topological polar surface area (TPSA) is 96.7 Å². The van der Waals surface area contributed by atoms with Crippen LogP contribution < -0.4 is 10.2 Å². The van der Waals surface area contributed by atoms with Gasteiger partial charge in [0.15, 0.2) is 6.73 Å². The SMILES string of the molecule is CC(C)C1=COCN1c1ccnc(NC2CCN(Cc3ccc([N+](=O)[O-])cc3)C2)n1. The summed E-state index contributed by atoms with van der Waals surface area (Å²) >= 11 is 0. The second-order valence-electron chi connectivity index (χ2n) is 7.95. The number of ether oxygens (including phenoxy) is 1. The fourth-order valence-corrected chi connectivity index (χ4v) is 3.81. The third-order valence-electron chi connectivity index (χ3n) is 5.39. The molecule has 2 aromatic rings. The Hall–Kier alpha value is -3.20. The van der Waals surface area contributed by atoms with Gasteiger partial charge in [0.25, 0.3) is 5.69 Å². The van der Waals surface area contributed by atoms with Crippen molar-refractivity contribution in [2.75, 3.05) is 30.0 Å². The van der Waals surface area contributed by atoms with E-state index < -0.39 is 0 Å². The Balaban J connectivity index is 1.34. The Labute approximate surface area is 175 Å². The third kappa shape index (κ3) is 4.51. The number of anilines is 2. The number of benzene rings is 1. The molecule has 0 amide bonds. The number of hydrogen-bond acceptors (Lipinski definition) is 8. The van der Waals surface area contributed by atoms with Crippen molar-refractivity contribution >= 4 is 17.5 Å². The van der Waals surface area contributed by atoms with Gasteiger partial charge in [0.05, 0.1) is 10.6 Å². The molecule has 1 aromatic heterocycles. The summed E-state index contributed by atoms with van der Waals surface area (Å²) in [6, 6.07) is 8.91. The summed E-state index contributed by atoms with van der Waals surface area (Å²) in [4.78, 5) is 23.9. The van der Waals surface area contributed by atoms with Gasteiger partial charge in [0.2, 0.25) is 5.95 Å². The quantitative estimate of drug-likeness (QED) is 0.548. The summed E-state index contributed by atoms with van der Waals surface area (Å²) in [5.41, 5.74) is 2.30. The van der Waals surface area contributed by atoms with Gasteiger partial charge < -0.3 is 10.1 Å². The van der Waals surface area contributed by atoms with Crippen LogP contribution >= 0.6 is 0 Å². The molecular formula is C21H26N6O3. The van der Waals surface area contributed by atoms with E-state index >= 15 is 0 Å². The molecule has 9 heteroatoms. The van der Waals surface area contributed by atoms with Gasteiger partial charge in [-0.1, -0.05) is 26.0 Å². The summed E-state index contributed by atoms with van der Waals surface area (Å²) in [5, 5.41) is 14.2. The summed E-state index contributed by atoms with van der Waals surface area (Å²) in [6.45, 7) is 7.32. The smallest absolute Gasteiger partial charge is 0.269 e. The summed E-state index contributed by atoms with van der Waals surface area (Å²) in [6.07, 6.45) is 4.56. The molecule has 1 unspecified atom stereocenters. The highest BCUT2D eigenvalue weighted by Gasteiger charge is 2.25. The predicted octanol–water partition coefficient (Wildman–Crippen LogP) is 3.36. The molecule has 3 heterocycles. The number of hydrogen-bond donors (Lipinski definition) is 1. The van der Waals surface area contributed by atoms with Gasteiger partial charge in [0, 0.05) is 44.0 Å². The molecule has 0 saturated carbocycles. The van der Waals surface area contributed by atoms with Gasteiger partial charge in [-0.05, 0) is 24.0 Å². The Morgan fingerprint density at radius 2 is 2.10 bits per heavy atom. The molecule has 9 nitrogen and oxygen atoms in total. The van der Waals surface area contributed by atoms with Crippen LogP contribution in [-0.2, 0) is 11.3 Å². The van der Waals surface area contributed by atoms with Crippen LogP contribution in [0.5, 0.6) is 0 Å². The van der Waals surface area contributed by atoms with Crippen molar-refractivity contribution in [1.29, 1.82) is 0 Å². The van der Waals surface area contributed by atoms with Gasteiger partial charge >= 0.3 is 0 Å². The average molecular weight is 410 g/mol. The molecule has 30 heavy (non-hydrogen) atoms. The fraction of sp³-hybridized carbons (Fsp3) is 0.429. The van der Waals surface area contributed by atoms with Crippen LogP contribution in [0.1, 0.15) is 25.8 Å². The maximum atomic E-state index is 10.8. The highest BCUT2D eigenvalue weighted by molar-refractivity contribution is 5.49. The minimum absolute atomic E-state index is 0.121. The maximum absolute atomic E-state index is 10.8. The van der Waals surface area contributed by atoms with E-state index in [1.165, 1.54) is 0 Å². The number of nitro groups is 1. The second-order valence-corrected chi connectivity index (χ2v) is 7.95. The zero-order valence-electron chi connectivity index (χ0n) is 17.2. The van der Waals surface area contributed by atoms with E-state index in [1.807, 2.05) is 18.2 Å². The molecule has 1 saturated heterocycles. The number of non-ortho nitro benzene ring substituents is 1. The second kappa shape index (κ2) is 8.66. The minimum atomic E-state index is -0.373. The van der Waals surface area contributed by atoms with Crippen molar-refractivity contribution in [3.8, 4) is 0 Å². The lowest BCUT2D eigenvalue weighted by atomic mass is 10.1. The Morgan fingerprint density at radius 3 is 2.83 bits per heavy atom. The molecule has 158 valence electrons. The van der Waals surface area contributed by atoms with E-state index in [-0.39, 0.29) is 16.7 Å². The zero-order chi connectivity index (χ0) is 21.1. The number of rotatable bonds is 7. The van der Waals surface area contributed by atoms with Crippen LogP contribution in [0.3, 0.4) is 0 Å². The molecule has 1 atom stereocenters. The van der Waals surface area contributed by atoms with Gasteiger partial charge in [-0.2, -0.15) is 4.98 Å². The number of nitrogens with zero attached hydrogens (tertiary/aromatic N) is 5. The van der Waals surface area contributed by atoms with E-state index in [4.69, 9.17) is 4.74 Å². The summed E-state index contributed by atoms with van der Waals surface area (Å²) in [5.74, 6) is 1.79. The van der Waals surface area contributed by atoms with E-state index in [1.54, 1.807) is 24.6 Å². The lowest BCUT2D eigenvalue weighted by Crippen LogP contribution is -2.27. The molecule has 0 bridgehead atoms. The number of aromatic nitrogens is 2. The van der Waals surface area contributed by atoms with Crippen LogP contribution in [0.25, 0.3) is 0 Å². The largest absolute Gasteiger partial charge is 0.478 e. The first-order valence-electron chi connectivity index (χ1n) is 10.1. The predicted molar refractivity (Wildman–Crippen MR) is 114 cm³/mol.